The van der Waals surface area contributed by atoms with Crippen LogP contribution in [0.1, 0.15) is 22.0 Å². The molecule has 0 bridgehead atoms. The zero-order valence-electron chi connectivity index (χ0n) is 16.2. The van der Waals surface area contributed by atoms with Gasteiger partial charge in [0.1, 0.15) is 5.76 Å². The molecule has 0 saturated carbocycles. The molecule has 3 heterocycles. The number of carbonyl (C=O) groups excluding carboxylic acids is 1. The summed E-state index contributed by atoms with van der Waals surface area (Å²) in [5.41, 5.74) is 0.975. The average molecular weight is 432 g/mol. The summed E-state index contributed by atoms with van der Waals surface area (Å²) in [4.78, 5) is 18.3. The Morgan fingerprint density at radius 2 is 2.03 bits per heavy atom. The molecule has 0 aliphatic carbocycles. The van der Waals surface area contributed by atoms with Crippen LogP contribution in [0.4, 0.5) is 0 Å². The van der Waals surface area contributed by atoms with Crippen molar-refractivity contribution in [1.82, 2.24) is 19.8 Å². The number of hydrogen-bond acceptors (Lipinski definition) is 8. The average Bonchev–Trinajstić information content (AvgIpc) is 3.45. The fraction of sp³-hybridized carbons (Fsp3) is 0.316. The van der Waals surface area contributed by atoms with Crippen LogP contribution in [-0.4, -0.2) is 55.7 Å². The molecule has 1 aliphatic heterocycles. The molecule has 30 heavy (non-hydrogen) atoms. The molecular weight excluding hydrogens is 412 g/mol. The first-order valence-electron chi connectivity index (χ1n) is 9.28. The predicted molar refractivity (Wildman–Crippen MR) is 104 cm³/mol. The van der Waals surface area contributed by atoms with E-state index in [1.165, 1.54) is 12.3 Å². The van der Waals surface area contributed by atoms with E-state index < -0.39 is 10.0 Å². The fourth-order valence-electron chi connectivity index (χ4n) is 3.02. The van der Waals surface area contributed by atoms with E-state index in [1.807, 2.05) is 0 Å². The molecule has 10 nitrogen and oxygen atoms in total. The maximum atomic E-state index is 12.8. The molecule has 1 aliphatic rings. The number of nitrogens with zero attached hydrogens (tertiary/aromatic N) is 3. The lowest BCUT2D eigenvalue weighted by atomic mass is 10.1. The standard InChI is InChI=1S/C19H20N4O6S/c1-13-4-5-14(11-16(13)30(25,26)20-12-15-3-2-8-28-15)17-21-18(29-22-17)19(24)23-6-9-27-10-7-23/h2-5,8,11,20H,6-7,9-10,12H2,1H3. The number of carbonyl (C=O) groups is 1. The van der Waals surface area contributed by atoms with Crippen LogP contribution in [-0.2, 0) is 21.3 Å². The van der Waals surface area contributed by atoms with Crippen molar-refractivity contribution in [1.29, 1.82) is 0 Å². The van der Waals surface area contributed by atoms with E-state index >= 15 is 0 Å². The van der Waals surface area contributed by atoms with Gasteiger partial charge in [-0.15, -0.1) is 0 Å². The highest BCUT2D eigenvalue weighted by Gasteiger charge is 2.25. The number of hydrogen-bond donors (Lipinski definition) is 1. The molecule has 4 rings (SSSR count). The number of amides is 1. The molecule has 3 aromatic rings. The molecule has 11 heteroatoms. The third kappa shape index (κ3) is 4.27. The van der Waals surface area contributed by atoms with Gasteiger partial charge in [-0.05, 0) is 30.7 Å². The van der Waals surface area contributed by atoms with Crippen molar-refractivity contribution in [2.45, 2.75) is 18.4 Å². The maximum absolute atomic E-state index is 12.8. The maximum Gasteiger partial charge on any atom is 0.316 e. The topological polar surface area (TPSA) is 128 Å². The normalized spacial score (nSPS) is 14.8. The van der Waals surface area contributed by atoms with Crippen molar-refractivity contribution in [3.8, 4) is 11.4 Å². The molecule has 158 valence electrons. The number of aromatic nitrogens is 2. The molecule has 0 atom stereocenters. The minimum absolute atomic E-state index is 0.0272. The summed E-state index contributed by atoms with van der Waals surface area (Å²) >= 11 is 0. The summed E-state index contributed by atoms with van der Waals surface area (Å²) < 4.78 is 43.5. The van der Waals surface area contributed by atoms with Crippen LogP contribution >= 0.6 is 0 Å². The van der Waals surface area contributed by atoms with Gasteiger partial charge in [0.2, 0.25) is 15.8 Å². The number of furan rings is 1. The van der Waals surface area contributed by atoms with E-state index in [0.29, 0.717) is 43.2 Å². The van der Waals surface area contributed by atoms with Gasteiger partial charge in [-0.2, -0.15) is 4.98 Å². The molecule has 2 aromatic heterocycles. The number of sulfonamides is 1. The molecule has 0 spiro atoms. The lowest BCUT2D eigenvalue weighted by Gasteiger charge is -2.25. The quantitative estimate of drug-likeness (QED) is 0.622. The van der Waals surface area contributed by atoms with E-state index in [-0.39, 0.29) is 29.1 Å². The van der Waals surface area contributed by atoms with Crippen LogP contribution in [0, 0.1) is 6.92 Å². The zero-order chi connectivity index (χ0) is 21.1. The Morgan fingerprint density at radius 1 is 1.23 bits per heavy atom. The second-order valence-electron chi connectivity index (χ2n) is 6.71. The van der Waals surface area contributed by atoms with Crippen LogP contribution in [0.25, 0.3) is 11.4 Å². The smallest absolute Gasteiger partial charge is 0.316 e. The summed E-state index contributed by atoms with van der Waals surface area (Å²) in [6, 6.07) is 8.14. The molecule has 1 fully saturated rings. The molecule has 0 radical (unpaired) electrons. The number of morpholine rings is 1. The van der Waals surface area contributed by atoms with Gasteiger partial charge in [-0.3, -0.25) is 4.79 Å². The van der Waals surface area contributed by atoms with E-state index in [1.54, 1.807) is 36.1 Å². The first-order chi connectivity index (χ1) is 14.4. The Labute approximate surface area is 172 Å². The van der Waals surface area contributed by atoms with Crippen molar-refractivity contribution in [2.75, 3.05) is 26.3 Å². The van der Waals surface area contributed by atoms with Gasteiger partial charge in [-0.1, -0.05) is 17.3 Å². The highest BCUT2D eigenvalue weighted by Crippen LogP contribution is 2.24. The molecule has 1 saturated heterocycles. The highest BCUT2D eigenvalue weighted by atomic mass is 32.2. The van der Waals surface area contributed by atoms with Gasteiger partial charge in [0.05, 0.1) is 30.9 Å². The van der Waals surface area contributed by atoms with E-state index in [4.69, 9.17) is 13.7 Å². The van der Waals surface area contributed by atoms with E-state index in [2.05, 4.69) is 14.9 Å². The molecule has 1 amide bonds. The number of nitrogens with one attached hydrogen (secondary N) is 1. The van der Waals surface area contributed by atoms with Crippen LogP contribution < -0.4 is 4.72 Å². The second-order valence-corrected chi connectivity index (χ2v) is 8.45. The van der Waals surface area contributed by atoms with Crippen molar-refractivity contribution in [3.05, 3.63) is 53.8 Å². The SMILES string of the molecule is Cc1ccc(-c2noc(C(=O)N3CCOCC3)n2)cc1S(=O)(=O)NCc1ccco1. The highest BCUT2D eigenvalue weighted by molar-refractivity contribution is 7.89. The second kappa shape index (κ2) is 8.38. The lowest BCUT2D eigenvalue weighted by Crippen LogP contribution is -2.40. The predicted octanol–water partition coefficient (Wildman–Crippen LogP) is 1.59. The van der Waals surface area contributed by atoms with Crippen LogP contribution in [0.15, 0.2) is 50.4 Å². The van der Waals surface area contributed by atoms with Crippen molar-refractivity contribution in [3.63, 3.8) is 0 Å². The van der Waals surface area contributed by atoms with E-state index in [9.17, 15) is 13.2 Å². The van der Waals surface area contributed by atoms with Crippen molar-refractivity contribution >= 4 is 15.9 Å². The fourth-order valence-corrected chi connectivity index (χ4v) is 4.28. The molecular formula is C19H20N4O6S. The molecule has 1 aromatic carbocycles. The van der Waals surface area contributed by atoms with E-state index in [0.717, 1.165) is 0 Å². The van der Waals surface area contributed by atoms with Gasteiger partial charge in [0, 0.05) is 18.7 Å². The number of ether oxygens (including phenoxy) is 1. The zero-order valence-corrected chi connectivity index (χ0v) is 17.0. The number of aryl methyl sites for hydroxylation is 1. The van der Waals surface area contributed by atoms with Crippen molar-refractivity contribution < 1.29 is 26.9 Å². The first-order valence-corrected chi connectivity index (χ1v) is 10.8. The van der Waals surface area contributed by atoms with Crippen LogP contribution in [0.5, 0.6) is 0 Å². The Balaban J connectivity index is 1.56. The largest absolute Gasteiger partial charge is 0.468 e. The lowest BCUT2D eigenvalue weighted by molar-refractivity contribution is 0.0272. The number of benzene rings is 1. The van der Waals surface area contributed by atoms with Gasteiger partial charge < -0.3 is 18.6 Å². The Hall–Kier alpha value is -3.02. The summed E-state index contributed by atoms with van der Waals surface area (Å²) in [5.74, 6) is 0.107. The van der Waals surface area contributed by atoms with Gasteiger partial charge in [0.15, 0.2) is 0 Å². The minimum Gasteiger partial charge on any atom is -0.468 e. The first kappa shape index (κ1) is 20.3. The van der Waals surface area contributed by atoms with Crippen LogP contribution in [0.3, 0.4) is 0 Å². The third-order valence-electron chi connectivity index (χ3n) is 4.66. The van der Waals surface area contributed by atoms with Crippen molar-refractivity contribution in [2.24, 2.45) is 0 Å². The Morgan fingerprint density at radius 3 is 2.77 bits per heavy atom. The monoisotopic (exact) mass is 432 g/mol. The molecule has 1 N–H and O–H groups in total. The van der Waals surface area contributed by atoms with Gasteiger partial charge in [-0.25, -0.2) is 13.1 Å². The summed E-state index contributed by atoms with van der Waals surface area (Å²) in [6.45, 7) is 3.53. The summed E-state index contributed by atoms with van der Waals surface area (Å²) in [7, 11) is -3.81. The Kier molecular flexibility index (Phi) is 5.66. The minimum atomic E-state index is -3.81. The third-order valence-corrected chi connectivity index (χ3v) is 6.20. The van der Waals surface area contributed by atoms with Gasteiger partial charge in [0.25, 0.3) is 0 Å². The molecule has 0 unspecified atom stereocenters. The summed E-state index contributed by atoms with van der Waals surface area (Å²) in [6.07, 6.45) is 1.47. The Bertz CT molecular complexity index is 1130. The van der Waals surface area contributed by atoms with Gasteiger partial charge >= 0.3 is 11.8 Å². The van der Waals surface area contributed by atoms with Crippen LogP contribution in [0.2, 0.25) is 0 Å². The number of rotatable bonds is 6. The summed E-state index contributed by atoms with van der Waals surface area (Å²) in [5, 5.41) is 3.85.